The zero-order valence-electron chi connectivity index (χ0n) is 11.9. The van der Waals surface area contributed by atoms with Crippen molar-refractivity contribution in [1.82, 2.24) is 20.0 Å². The van der Waals surface area contributed by atoms with Crippen LogP contribution in [0.5, 0.6) is 0 Å². The highest BCUT2D eigenvalue weighted by Crippen LogP contribution is 2.20. The van der Waals surface area contributed by atoms with Crippen LogP contribution in [0.2, 0.25) is 0 Å². The molecule has 1 unspecified atom stereocenters. The lowest BCUT2D eigenvalue weighted by molar-refractivity contribution is 0.166. The molecule has 1 atom stereocenters. The quantitative estimate of drug-likeness (QED) is 0.854. The molecule has 2 rings (SSSR count). The molecule has 1 aliphatic heterocycles. The van der Waals surface area contributed by atoms with E-state index in [0.29, 0.717) is 6.04 Å². The zero-order valence-corrected chi connectivity index (χ0v) is 11.9. The summed E-state index contributed by atoms with van der Waals surface area (Å²) in [6.45, 7) is 5.96. The van der Waals surface area contributed by atoms with Gasteiger partial charge in [0.05, 0.1) is 0 Å². The molecule has 0 saturated carbocycles. The smallest absolute Gasteiger partial charge is 0.0492 e. The fourth-order valence-electron chi connectivity index (χ4n) is 2.83. The summed E-state index contributed by atoms with van der Waals surface area (Å²) in [4.78, 5) is 2.59. The fourth-order valence-corrected chi connectivity index (χ4v) is 2.83. The van der Waals surface area contributed by atoms with Crippen molar-refractivity contribution in [2.45, 2.75) is 32.2 Å². The lowest BCUT2D eigenvalue weighted by Crippen LogP contribution is -2.41. The van der Waals surface area contributed by atoms with E-state index >= 15 is 0 Å². The van der Waals surface area contributed by atoms with Crippen molar-refractivity contribution in [3.8, 4) is 0 Å². The van der Waals surface area contributed by atoms with Gasteiger partial charge in [0.15, 0.2) is 0 Å². The predicted molar refractivity (Wildman–Crippen MR) is 74.6 cm³/mol. The van der Waals surface area contributed by atoms with E-state index in [-0.39, 0.29) is 0 Å². The molecule has 1 saturated heterocycles. The molecule has 1 aromatic rings. The lowest BCUT2D eigenvalue weighted by atomic mass is 9.90. The van der Waals surface area contributed by atoms with Crippen LogP contribution in [0.25, 0.3) is 0 Å². The van der Waals surface area contributed by atoms with Crippen molar-refractivity contribution in [2.75, 3.05) is 26.7 Å². The van der Waals surface area contributed by atoms with Crippen molar-refractivity contribution in [2.24, 2.45) is 13.0 Å². The Hall–Kier alpha value is -0.870. The van der Waals surface area contributed by atoms with Crippen molar-refractivity contribution in [3.63, 3.8) is 0 Å². The number of aryl methyl sites for hydroxylation is 1. The van der Waals surface area contributed by atoms with Crippen LogP contribution in [0.15, 0.2) is 12.3 Å². The number of aromatic nitrogens is 2. The molecule has 0 radical (unpaired) electrons. The number of piperidine rings is 1. The van der Waals surface area contributed by atoms with E-state index in [2.05, 4.69) is 35.4 Å². The van der Waals surface area contributed by atoms with Gasteiger partial charge in [-0.25, -0.2) is 0 Å². The number of nitrogens with zero attached hydrogens (tertiary/aromatic N) is 3. The number of nitrogens with one attached hydrogen (secondary N) is 1. The highest BCUT2D eigenvalue weighted by atomic mass is 15.3. The molecule has 0 spiro atoms. The maximum absolute atomic E-state index is 4.22. The minimum Gasteiger partial charge on any atom is -0.317 e. The van der Waals surface area contributed by atoms with E-state index in [9.17, 15) is 0 Å². The first-order valence-corrected chi connectivity index (χ1v) is 7.07. The van der Waals surface area contributed by atoms with Gasteiger partial charge in [0, 0.05) is 37.9 Å². The zero-order chi connectivity index (χ0) is 13.0. The molecule has 1 aromatic heterocycles. The Labute approximate surface area is 110 Å². The standard InChI is InChI=1S/C14H26N4/c1-12(15-2)13-5-9-18(10-6-13)11-7-14-4-8-16-17(14)3/h4,8,12-13,15H,5-7,9-11H2,1-3H3. The number of hydrogen-bond donors (Lipinski definition) is 1. The number of likely N-dealkylation sites (tertiary alicyclic amines) is 1. The Morgan fingerprint density at radius 3 is 2.72 bits per heavy atom. The van der Waals surface area contributed by atoms with E-state index in [1.807, 2.05) is 17.9 Å². The van der Waals surface area contributed by atoms with Gasteiger partial charge >= 0.3 is 0 Å². The number of rotatable bonds is 5. The Kier molecular flexibility index (Phi) is 4.78. The summed E-state index contributed by atoms with van der Waals surface area (Å²) in [5, 5.41) is 7.60. The van der Waals surface area contributed by atoms with Crippen LogP contribution in [-0.2, 0) is 13.5 Å². The summed E-state index contributed by atoms with van der Waals surface area (Å²) in [5.74, 6) is 0.850. The summed E-state index contributed by atoms with van der Waals surface area (Å²) in [5.41, 5.74) is 1.33. The Morgan fingerprint density at radius 2 is 2.17 bits per heavy atom. The van der Waals surface area contributed by atoms with E-state index < -0.39 is 0 Å². The van der Waals surface area contributed by atoms with E-state index in [1.165, 1.54) is 38.2 Å². The Balaban J connectivity index is 1.72. The molecule has 1 N–H and O–H groups in total. The molecule has 1 aliphatic rings. The third-order valence-corrected chi connectivity index (χ3v) is 4.40. The summed E-state index contributed by atoms with van der Waals surface area (Å²) in [6, 6.07) is 2.78. The summed E-state index contributed by atoms with van der Waals surface area (Å²) in [7, 11) is 4.09. The molecular formula is C14H26N4. The average molecular weight is 250 g/mol. The van der Waals surface area contributed by atoms with Crippen LogP contribution in [0, 0.1) is 5.92 Å². The van der Waals surface area contributed by atoms with Gasteiger partial charge in [-0.05, 0) is 51.9 Å². The first-order valence-electron chi connectivity index (χ1n) is 7.07. The molecule has 4 heteroatoms. The number of hydrogen-bond acceptors (Lipinski definition) is 3. The van der Waals surface area contributed by atoms with Crippen molar-refractivity contribution < 1.29 is 0 Å². The molecule has 1 fully saturated rings. The summed E-state index contributed by atoms with van der Waals surface area (Å²) in [6.07, 6.45) is 5.65. The van der Waals surface area contributed by atoms with Gasteiger partial charge in [-0.15, -0.1) is 0 Å². The highest BCUT2D eigenvalue weighted by Gasteiger charge is 2.22. The van der Waals surface area contributed by atoms with Gasteiger partial charge in [0.2, 0.25) is 0 Å². The molecule has 0 amide bonds. The second-order valence-electron chi connectivity index (χ2n) is 5.45. The summed E-state index contributed by atoms with van der Waals surface area (Å²) >= 11 is 0. The normalized spacial score (nSPS) is 20.2. The lowest BCUT2D eigenvalue weighted by Gasteiger charge is -2.34. The molecule has 0 bridgehead atoms. The molecule has 2 heterocycles. The van der Waals surface area contributed by atoms with Crippen LogP contribution in [0.3, 0.4) is 0 Å². The van der Waals surface area contributed by atoms with Crippen LogP contribution < -0.4 is 5.32 Å². The largest absolute Gasteiger partial charge is 0.317 e. The average Bonchev–Trinajstić information content (AvgIpc) is 2.81. The van der Waals surface area contributed by atoms with Crippen LogP contribution in [0.1, 0.15) is 25.5 Å². The monoisotopic (exact) mass is 250 g/mol. The maximum Gasteiger partial charge on any atom is 0.0492 e. The van der Waals surface area contributed by atoms with Gasteiger partial charge in [-0.2, -0.15) is 5.10 Å². The molecule has 0 aliphatic carbocycles. The first-order chi connectivity index (χ1) is 8.70. The van der Waals surface area contributed by atoms with Gasteiger partial charge in [-0.3, -0.25) is 4.68 Å². The van der Waals surface area contributed by atoms with Gasteiger partial charge in [0.1, 0.15) is 0 Å². The van der Waals surface area contributed by atoms with Gasteiger partial charge in [0.25, 0.3) is 0 Å². The van der Waals surface area contributed by atoms with Crippen LogP contribution in [-0.4, -0.2) is 47.4 Å². The third-order valence-electron chi connectivity index (χ3n) is 4.40. The summed E-state index contributed by atoms with van der Waals surface area (Å²) < 4.78 is 1.98. The topological polar surface area (TPSA) is 33.1 Å². The molecular weight excluding hydrogens is 224 g/mol. The Morgan fingerprint density at radius 1 is 1.44 bits per heavy atom. The van der Waals surface area contributed by atoms with Crippen molar-refractivity contribution >= 4 is 0 Å². The van der Waals surface area contributed by atoms with E-state index in [4.69, 9.17) is 0 Å². The van der Waals surface area contributed by atoms with Crippen LogP contribution >= 0.6 is 0 Å². The minimum absolute atomic E-state index is 0.657. The second kappa shape index (κ2) is 6.34. The van der Waals surface area contributed by atoms with E-state index in [0.717, 1.165) is 12.3 Å². The van der Waals surface area contributed by atoms with Crippen molar-refractivity contribution in [1.29, 1.82) is 0 Å². The third kappa shape index (κ3) is 3.33. The van der Waals surface area contributed by atoms with Gasteiger partial charge < -0.3 is 10.2 Å². The van der Waals surface area contributed by atoms with Crippen molar-refractivity contribution in [3.05, 3.63) is 18.0 Å². The first kappa shape index (κ1) is 13.6. The predicted octanol–water partition coefficient (Wildman–Crippen LogP) is 1.28. The molecule has 102 valence electrons. The fraction of sp³-hybridized carbons (Fsp3) is 0.786. The van der Waals surface area contributed by atoms with Crippen LogP contribution in [0.4, 0.5) is 0 Å². The maximum atomic E-state index is 4.22. The van der Waals surface area contributed by atoms with Gasteiger partial charge in [-0.1, -0.05) is 0 Å². The Bertz CT molecular complexity index is 352. The SMILES string of the molecule is CNC(C)C1CCN(CCc2ccnn2C)CC1. The minimum atomic E-state index is 0.657. The highest BCUT2D eigenvalue weighted by molar-refractivity contribution is 5.00. The second-order valence-corrected chi connectivity index (χ2v) is 5.45. The molecule has 4 nitrogen and oxygen atoms in total. The molecule has 18 heavy (non-hydrogen) atoms. The molecule has 0 aromatic carbocycles. The van der Waals surface area contributed by atoms with E-state index in [1.54, 1.807) is 0 Å².